The van der Waals surface area contributed by atoms with Crippen molar-refractivity contribution >= 4 is 23.3 Å². The van der Waals surface area contributed by atoms with Crippen LogP contribution in [0.25, 0.3) is 0 Å². The molecule has 2 aliphatic heterocycles. The van der Waals surface area contributed by atoms with Crippen molar-refractivity contribution in [3.05, 3.63) is 23.8 Å². The van der Waals surface area contributed by atoms with E-state index >= 15 is 0 Å². The average Bonchev–Trinajstić information content (AvgIpc) is 3.17. The summed E-state index contributed by atoms with van der Waals surface area (Å²) in [4.78, 5) is 26.0. The van der Waals surface area contributed by atoms with Crippen molar-refractivity contribution in [2.45, 2.75) is 32.2 Å². The molecule has 2 aliphatic rings. The summed E-state index contributed by atoms with van der Waals surface area (Å²) in [5, 5.41) is 8.95. The lowest BCUT2D eigenvalue weighted by molar-refractivity contribution is -0.117. The normalized spacial score (nSPS) is 19.9. The van der Waals surface area contributed by atoms with Crippen LogP contribution in [-0.2, 0) is 11.2 Å². The second-order valence-corrected chi connectivity index (χ2v) is 5.72. The van der Waals surface area contributed by atoms with Crippen LogP contribution < -0.4 is 20.9 Å². The number of anilines is 2. The second-order valence-electron chi connectivity index (χ2n) is 5.72. The maximum Gasteiger partial charge on any atom is 0.321 e. The van der Waals surface area contributed by atoms with Crippen molar-refractivity contribution in [3.8, 4) is 0 Å². The second kappa shape index (κ2) is 6.36. The molecule has 1 aromatic rings. The van der Waals surface area contributed by atoms with Gasteiger partial charge in [0, 0.05) is 18.8 Å². The molecule has 3 amide bonds. The predicted octanol–water partition coefficient (Wildman–Crippen LogP) is 1.47. The first kappa shape index (κ1) is 14.8. The highest BCUT2D eigenvalue weighted by Gasteiger charge is 2.26. The Morgan fingerprint density at radius 3 is 3.00 bits per heavy atom. The summed E-state index contributed by atoms with van der Waals surface area (Å²) in [5.41, 5.74) is 2.78. The van der Waals surface area contributed by atoms with E-state index in [4.69, 9.17) is 0 Å². The van der Waals surface area contributed by atoms with E-state index < -0.39 is 0 Å². The molecule has 118 valence electrons. The zero-order valence-electron chi connectivity index (χ0n) is 12.8. The predicted molar refractivity (Wildman–Crippen MR) is 86.2 cm³/mol. The number of carbonyl (C=O) groups excluding carboxylic acids is 2. The highest BCUT2D eigenvalue weighted by molar-refractivity contribution is 5.98. The number of carbonyl (C=O) groups is 2. The molecule has 0 aliphatic carbocycles. The first-order chi connectivity index (χ1) is 10.7. The number of nitrogens with zero attached hydrogens (tertiary/aromatic N) is 1. The molecule has 1 aromatic carbocycles. The third-order valence-electron chi connectivity index (χ3n) is 4.20. The summed E-state index contributed by atoms with van der Waals surface area (Å²) in [7, 11) is 0. The molecule has 0 saturated carbocycles. The Labute approximate surface area is 130 Å². The number of urea groups is 1. The minimum atomic E-state index is -0.104. The average molecular weight is 302 g/mol. The van der Waals surface area contributed by atoms with E-state index in [-0.39, 0.29) is 18.0 Å². The van der Waals surface area contributed by atoms with Crippen molar-refractivity contribution in [2.24, 2.45) is 0 Å². The molecule has 1 unspecified atom stereocenters. The molecule has 0 bridgehead atoms. The van der Waals surface area contributed by atoms with Crippen LogP contribution in [-0.4, -0.2) is 37.6 Å². The van der Waals surface area contributed by atoms with E-state index in [9.17, 15) is 9.59 Å². The van der Waals surface area contributed by atoms with Gasteiger partial charge in [-0.2, -0.15) is 0 Å². The lowest BCUT2D eigenvalue weighted by atomic mass is 10.1. The molecule has 1 fully saturated rings. The van der Waals surface area contributed by atoms with Crippen LogP contribution in [0.15, 0.2) is 18.2 Å². The molecule has 0 aromatic heterocycles. The number of hydrogen-bond donors (Lipinski definition) is 3. The lowest BCUT2D eigenvalue weighted by Gasteiger charge is -2.18. The van der Waals surface area contributed by atoms with Crippen LogP contribution in [0.1, 0.15) is 25.3 Å². The van der Waals surface area contributed by atoms with Crippen molar-refractivity contribution in [2.75, 3.05) is 29.9 Å². The van der Waals surface area contributed by atoms with Crippen LogP contribution in [0.2, 0.25) is 0 Å². The third-order valence-corrected chi connectivity index (χ3v) is 4.20. The SMILES string of the molecule is CCNC(=O)N1CCc2ccc(NC(=O)C3CCCN3)cc21. The van der Waals surface area contributed by atoms with Crippen LogP contribution in [0, 0.1) is 0 Å². The van der Waals surface area contributed by atoms with Gasteiger partial charge in [0.25, 0.3) is 0 Å². The summed E-state index contributed by atoms with van der Waals surface area (Å²) < 4.78 is 0. The van der Waals surface area contributed by atoms with E-state index in [1.807, 2.05) is 25.1 Å². The van der Waals surface area contributed by atoms with Gasteiger partial charge >= 0.3 is 6.03 Å². The lowest BCUT2D eigenvalue weighted by Crippen LogP contribution is -2.38. The van der Waals surface area contributed by atoms with Gasteiger partial charge in [-0.15, -0.1) is 0 Å². The van der Waals surface area contributed by atoms with Gasteiger partial charge in [0.2, 0.25) is 5.91 Å². The van der Waals surface area contributed by atoms with E-state index in [2.05, 4.69) is 16.0 Å². The molecular formula is C16H22N4O2. The molecule has 0 radical (unpaired) electrons. The van der Waals surface area contributed by atoms with Gasteiger partial charge in [-0.3, -0.25) is 9.69 Å². The molecule has 2 heterocycles. The molecule has 6 heteroatoms. The van der Waals surface area contributed by atoms with E-state index in [1.54, 1.807) is 4.90 Å². The van der Waals surface area contributed by atoms with Gasteiger partial charge in [0.05, 0.1) is 11.7 Å². The fourth-order valence-corrected chi connectivity index (χ4v) is 3.05. The van der Waals surface area contributed by atoms with Crippen LogP contribution >= 0.6 is 0 Å². The number of nitrogens with one attached hydrogen (secondary N) is 3. The summed E-state index contributed by atoms with van der Waals surface area (Å²) >= 11 is 0. The summed E-state index contributed by atoms with van der Waals surface area (Å²) in [6, 6.07) is 5.61. The standard InChI is InChI=1S/C16H22N4O2/c1-2-17-16(22)20-9-7-11-5-6-12(10-14(11)20)19-15(21)13-4-3-8-18-13/h5-6,10,13,18H,2-4,7-9H2,1H3,(H,17,22)(H,19,21). The summed E-state index contributed by atoms with van der Waals surface area (Å²) in [6.07, 6.45) is 2.76. The smallest absolute Gasteiger partial charge is 0.321 e. The maximum atomic E-state index is 12.2. The monoisotopic (exact) mass is 302 g/mol. The minimum absolute atomic E-state index is 0.00000617. The zero-order chi connectivity index (χ0) is 15.5. The van der Waals surface area contributed by atoms with Gasteiger partial charge in [-0.1, -0.05) is 6.07 Å². The van der Waals surface area contributed by atoms with Crippen molar-refractivity contribution in [3.63, 3.8) is 0 Å². The largest absolute Gasteiger partial charge is 0.338 e. The van der Waals surface area contributed by atoms with Crippen LogP contribution in [0.5, 0.6) is 0 Å². The molecule has 22 heavy (non-hydrogen) atoms. The first-order valence-corrected chi connectivity index (χ1v) is 7.91. The Morgan fingerprint density at radius 2 is 2.27 bits per heavy atom. The zero-order valence-corrected chi connectivity index (χ0v) is 12.8. The number of benzene rings is 1. The molecular weight excluding hydrogens is 280 g/mol. The van der Waals surface area contributed by atoms with Gasteiger partial charge in [0.15, 0.2) is 0 Å². The third kappa shape index (κ3) is 2.92. The van der Waals surface area contributed by atoms with Gasteiger partial charge < -0.3 is 16.0 Å². The number of fused-ring (bicyclic) bond motifs is 1. The number of rotatable bonds is 3. The topological polar surface area (TPSA) is 73.5 Å². The molecule has 6 nitrogen and oxygen atoms in total. The van der Waals surface area contributed by atoms with E-state index in [1.165, 1.54) is 0 Å². The van der Waals surface area contributed by atoms with E-state index in [0.717, 1.165) is 42.7 Å². The Balaban J connectivity index is 1.74. The quantitative estimate of drug-likeness (QED) is 0.791. The van der Waals surface area contributed by atoms with Crippen molar-refractivity contribution in [1.82, 2.24) is 10.6 Å². The molecule has 3 N–H and O–H groups in total. The highest BCUT2D eigenvalue weighted by atomic mass is 16.2. The van der Waals surface area contributed by atoms with Gasteiger partial charge in [-0.25, -0.2) is 4.79 Å². The fourth-order valence-electron chi connectivity index (χ4n) is 3.05. The molecule has 1 atom stereocenters. The fraction of sp³-hybridized carbons (Fsp3) is 0.500. The van der Waals surface area contributed by atoms with E-state index in [0.29, 0.717) is 13.1 Å². The Hall–Kier alpha value is -2.08. The van der Waals surface area contributed by atoms with Gasteiger partial charge in [0.1, 0.15) is 0 Å². The Kier molecular flexibility index (Phi) is 4.29. The van der Waals surface area contributed by atoms with Gasteiger partial charge in [-0.05, 0) is 50.4 Å². The highest BCUT2D eigenvalue weighted by Crippen LogP contribution is 2.31. The summed E-state index contributed by atoms with van der Waals surface area (Å²) in [5.74, 6) is 0.00000617. The Morgan fingerprint density at radius 1 is 1.41 bits per heavy atom. The minimum Gasteiger partial charge on any atom is -0.338 e. The first-order valence-electron chi connectivity index (χ1n) is 7.91. The maximum absolute atomic E-state index is 12.2. The number of amides is 3. The van der Waals surface area contributed by atoms with Crippen molar-refractivity contribution in [1.29, 1.82) is 0 Å². The van der Waals surface area contributed by atoms with Crippen LogP contribution in [0.4, 0.5) is 16.2 Å². The molecule has 3 rings (SSSR count). The van der Waals surface area contributed by atoms with Crippen molar-refractivity contribution < 1.29 is 9.59 Å². The molecule has 1 saturated heterocycles. The molecule has 0 spiro atoms. The summed E-state index contributed by atoms with van der Waals surface area (Å²) in [6.45, 7) is 4.09. The number of hydrogen-bond acceptors (Lipinski definition) is 3. The van der Waals surface area contributed by atoms with Crippen LogP contribution in [0.3, 0.4) is 0 Å². The Bertz CT molecular complexity index is 582.